The largest absolute Gasteiger partial charge is 0.352 e. The Morgan fingerprint density at radius 3 is 2.58 bits per heavy atom. The molecule has 24 heavy (non-hydrogen) atoms. The lowest BCUT2D eigenvalue weighted by Crippen LogP contribution is -2.35. The van der Waals surface area contributed by atoms with E-state index in [1.165, 1.54) is 7.05 Å². The summed E-state index contributed by atoms with van der Waals surface area (Å²) in [5.41, 5.74) is 1.20. The molecule has 6 heteroatoms. The van der Waals surface area contributed by atoms with E-state index in [0.29, 0.717) is 11.4 Å². The monoisotopic (exact) mass is 381 g/mol. The van der Waals surface area contributed by atoms with Gasteiger partial charge >= 0.3 is 5.69 Å². The first kappa shape index (κ1) is 14.8. The SMILES string of the molecule is Cn1c(=O)nc2n(-c3cccc(Br)c3)c3ccccc3cc-2c1=O. The van der Waals surface area contributed by atoms with Gasteiger partial charge in [-0.05, 0) is 35.7 Å². The van der Waals surface area contributed by atoms with E-state index in [1.807, 2.05) is 53.1 Å². The number of aromatic nitrogens is 3. The number of hydrogen-bond acceptors (Lipinski definition) is 3. The van der Waals surface area contributed by atoms with Gasteiger partial charge in [0.1, 0.15) is 0 Å². The van der Waals surface area contributed by atoms with Crippen molar-refractivity contribution in [2.24, 2.45) is 7.05 Å². The zero-order chi connectivity index (χ0) is 16.8. The fraction of sp³-hybridized carbons (Fsp3) is 0.0556. The Labute approximate surface area is 145 Å². The minimum atomic E-state index is -0.563. The van der Waals surface area contributed by atoms with Gasteiger partial charge in [-0.2, -0.15) is 4.98 Å². The Hall–Kier alpha value is -2.73. The zero-order valence-electron chi connectivity index (χ0n) is 12.7. The molecule has 0 atom stereocenters. The summed E-state index contributed by atoms with van der Waals surface area (Å²) in [5, 5.41) is 0.905. The van der Waals surface area contributed by atoms with Crippen LogP contribution in [0.1, 0.15) is 0 Å². The third-order valence-electron chi connectivity index (χ3n) is 4.02. The van der Waals surface area contributed by atoms with E-state index in [1.54, 1.807) is 6.07 Å². The normalized spacial score (nSPS) is 11.2. The Morgan fingerprint density at radius 1 is 1.00 bits per heavy atom. The Balaban J connectivity index is 2.28. The summed E-state index contributed by atoms with van der Waals surface area (Å²) in [6.45, 7) is 0. The van der Waals surface area contributed by atoms with Gasteiger partial charge in [-0.15, -0.1) is 0 Å². The Morgan fingerprint density at radius 2 is 1.79 bits per heavy atom. The van der Waals surface area contributed by atoms with Gasteiger partial charge in [0.2, 0.25) is 0 Å². The van der Waals surface area contributed by atoms with Crippen molar-refractivity contribution < 1.29 is 0 Å². The summed E-state index contributed by atoms with van der Waals surface area (Å²) in [7, 11) is 1.44. The van der Waals surface area contributed by atoms with Crippen molar-refractivity contribution in [3.8, 4) is 17.1 Å². The van der Waals surface area contributed by atoms with Gasteiger partial charge < -0.3 is 0 Å². The van der Waals surface area contributed by atoms with Crippen LogP contribution in [0.3, 0.4) is 0 Å². The average Bonchev–Trinajstić information content (AvgIpc) is 2.58. The van der Waals surface area contributed by atoms with Crippen LogP contribution >= 0.6 is 15.9 Å². The average molecular weight is 382 g/mol. The molecule has 2 aliphatic rings. The number of hydrogen-bond donors (Lipinski definition) is 0. The minimum Gasteiger partial charge on any atom is -0.294 e. The van der Waals surface area contributed by atoms with Crippen molar-refractivity contribution in [1.29, 1.82) is 0 Å². The standard InChI is InChI=1S/C18H12BrN3O2/c1-21-17(23)14-9-11-5-2-3-8-15(11)22(16(14)20-18(21)24)13-7-4-6-12(19)10-13/h2-10H,1H3. The third-order valence-corrected chi connectivity index (χ3v) is 4.51. The maximum Gasteiger partial charge on any atom is 0.352 e. The molecule has 0 unspecified atom stereocenters. The Bertz CT molecular complexity index is 1180. The van der Waals surface area contributed by atoms with E-state index in [-0.39, 0.29) is 5.56 Å². The van der Waals surface area contributed by atoms with Gasteiger partial charge in [-0.1, -0.05) is 40.2 Å². The number of pyridine rings is 1. The van der Waals surface area contributed by atoms with Crippen molar-refractivity contribution in [2.75, 3.05) is 0 Å². The summed E-state index contributed by atoms with van der Waals surface area (Å²) in [6, 6.07) is 17.2. The summed E-state index contributed by atoms with van der Waals surface area (Å²) < 4.78 is 3.78. The van der Waals surface area contributed by atoms with Crippen LogP contribution in [0.4, 0.5) is 0 Å². The highest BCUT2D eigenvalue weighted by molar-refractivity contribution is 9.10. The molecule has 2 aromatic rings. The molecule has 0 saturated heterocycles. The van der Waals surface area contributed by atoms with E-state index in [9.17, 15) is 9.59 Å². The second-order valence-corrected chi connectivity index (χ2v) is 6.43. The van der Waals surface area contributed by atoms with Gasteiger partial charge in [0.15, 0.2) is 5.82 Å². The molecule has 0 bridgehead atoms. The van der Waals surface area contributed by atoms with E-state index >= 15 is 0 Å². The topological polar surface area (TPSA) is 56.9 Å². The smallest absolute Gasteiger partial charge is 0.294 e. The first-order valence-corrected chi connectivity index (χ1v) is 8.13. The molecule has 0 radical (unpaired) electrons. The molecule has 0 aromatic heterocycles. The van der Waals surface area contributed by atoms with Gasteiger partial charge in [-0.3, -0.25) is 13.9 Å². The van der Waals surface area contributed by atoms with Crippen LogP contribution in [0.5, 0.6) is 0 Å². The molecule has 2 aliphatic heterocycles. The first-order chi connectivity index (χ1) is 11.6. The lowest BCUT2D eigenvalue weighted by atomic mass is 10.1. The van der Waals surface area contributed by atoms with Crippen molar-refractivity contribution in [3.63, 3.8) is 0 Å². The first-order valence-electron chi connectivity index (χ1n) is 7.34. The lowest BCUT2D eigenvalue weighted by Gasteiger charge is -2.18. The van der Waals surface area contributed by atoms with E-state index in [2.05, 4.69) is 20.9 Å². The number of fused-ring (bicyclic) bond motifs is 2. The van der Waals surface area contributed by atoms with Crippen molar-refractivity contribution in [3.05, 3.63) is 79.9 Å². The molecule has 4 rings (SSSR count). The second kappa shape index (κ2) is 5.42. The molecular weight excluding hydrogens is 370 g/mol. The third kappa shape index (κ3) is 2.18. The highest BCUT2D eigenvalue weighted by Crippen LogP contribution is 2.28. The fourth-order valence-electron chi connectivity index (χ4n) is 2.85. The van der Waals surface area contributed by atoms with E-state index in [0.717, 1.165) is 25.6 Å². The van der Waals surface area contributed by atoms with Crippen LogP contribution in [0.2, 0.25) is 0 Å². The molecule has 5 nitrogen and oxygen atoms in total. The highest BCUT2D eigenvalue weighted by atomic mass is 79.9. The fourth-order valence-corrected chi connectivity index (χ4v) is 3.23. The van der Waals surface area contributed by atoms with Crippen molar-refractivity contribution in [1.82, 2.24) is 14.1 Å². The molecule has 0 N–H and O–H groups in total. The van der Waals surface area contributed by atoms with Gasteiger partial charge in [0.05, 0.1) is 11.1 Å². The van der Waals surface area contributed by atoms with Crippen LogP contribution in [0, 0.1) is 0 Å². The summed E-state index contributed by atoms with van der Waals surface area (Å²) in [4.78, 5) is 28.8. The highest BCUT2D eigenvalue weighted by Gasteiger charge is 2.19. The lowest BCUT2D eigenvalue weighted by molar-refractivity contribution is 0.766. The number of benzene rings is 2. The number of nitrogens with zero attached hydrogens (tertiary/aromatic N) is 3. The van der Waals surface area contributed by atoms with Crippen LogP contribution < -0.4 is 11.2 Å². The molecule has 2 aromatic carbocycles. The molecule has 0 amide bonds. The summed E-state index contributed by atoms with van der Waals surface area (Å²) >= 11 is 3.47. The molecule has 0 fully saturated rings. The van der Waals surface area contributed by atoms with E-state index in [4.69, 9.17) is 0 Å². The molecule has 0 spiro atoms. The number of halogens is 1. The van der Waals surface area contributed by atoms with Crippen LogP contribution in [-0.2, 0) is 7.05 Å². The minimum absolute atomic E-state index is 0.348. The molecule has 0 saturated carbocycles. The quantitative estimate of drug-likeness (QED) is 0.476. The number of rotatable bonds is 1. The maximum atomic E-state index is 12.5. The van der Waals surface area contributed by atoms with E-state index < -0.39 is 5.69 Å². The summed E-state index contributed by atoms with van der Waals surface area (Å²) in [5.74, 6) is 0.361. The molecule has 2 heterocycles. The summed E-state index contributed by atoms with van der Waals surface area (Å²) in [6.07, 6.45) is 0. The van der Waals surface area contributed by atoms with Gasteiger partial charge in [0, 0.05) is 17.2 Å². The van der Waals surface area contributed by atoms with Crippen molar-refractivity contribution >= 4 is 26.8 Å². The predicted octanol–water partition coefficient (Wildman–Crippen LogP) is 2.95. The van der Waals surface area contributed by atoms with Gasteiger partial charge in [0.25, 0.3) is 5.56 Å². The van der Waals surface area contributed by atoms with Gasteiger partial charge in [-0.25, -0.2) is 4.79 Å². The Kier molecular flexibility index (Phi) is 3.35. The number of para-hydroxylation sites is 1. The molecular formula is C18H12BrN3O2. The predicted molar refractivity (Wildman–Crippen MR) is 96.9 cm³/mol. The molecule has 0 aliphatic carbocycles. The van der Waals surface area contributed by atoms with Crippen LogP contribution in [0.25, 0.3) is 28.0 Å². The van der Waals surface area contributed by atoms with Crippen LogP contribution in [-0.4, -0.2) is 14.1 Å². The van der Waals surface area contributed by atoms with Crippen molar-refractivity contribution in [2.45, 2.75) is 0 Å². The molecule has 118 valence electrons. The second-order valence-electron chi connectivity index (χ2n) is 5.51. The maximum absolute atomic E-state index is 12.5. The van der Waals surface area contributed by atoms with Crippen LogP contribution in [0.15, 0.2) is 68.7 Å². The zero-order valence-corrected chi connectivity index (χ0v) is 14.3.